The maximum atomic E-state index is 12.4. The van der Waals surface area contributed by atoms with Gasteiger partial charge in [-0.1, -0.05) is 44.2 Å². The van der Waals surface area contributed by atoms with Crippen molar-refractivity contribution < 1.29 is 9.59 Å². The van der Waals surface area contributed by atoms with Crippen molar-refractivity contribution in [2.45, 2.75) is 46.0 Å². The third kappa shape index (κ3) is 5.99. The van der Waals surface area contributed by atoms with E-state index in [0.29, 0.717) is 18.9 Å². The van der Waals surface area contributed by atoms with E-state index in [9.17, 15) is 9.59 Å². The Morgan fingerprint density at radius 2 is 2.00 bits per heavy atom. The normalized spacial score (nSPS) is 17.8. The van der Waals surface area contributed by atoms with Crippen molar-refractivity contribution in [2.75, 3.05) is 19.6 Å². The lowest BCUT2D eigenvalue weighted by Gasteiger charge is -2.33. The van der Waals surface area contributed by atoms with E-state index in [1.807, 2.05) is 36.9 Å². The predicted molar refractivity (Wildman–Crippen MR) is 96.5 cm³/mol. The minimum Gasteiger partial charge on any atom is -0.356 e. The average Bonchev–Trinajstić information content (AvgIpc) is 2.60. The van der Waals surface area contributed by atoms with Crippen LogP contribution in [0.2, 0.25) is 0 Å². The number of aryl methyl sites for hydroxylation is 1. The zero-order chi connectivity index (χ0) is 17.4. The molecule has 1 N–H and O–H groups in total. The number of hydrogen-bond donors (Lipinski definition) is 1. The SMILES string of the molecule is CC(C)C(=O)NC[C@@H]1CCCN(C(=O)CCCc2ccccc2)C1. The largest absolute Gasteiger partial charge is 0.356 e. The molecule has 1 fully saturated rings. The first-order chi connectivity index (χ1) is 11.6. The van der Waals surface area contributed by atoms with Gasteiger partial charge in [-0.2, -0.15) is 0 Å². The van der Waals surface area contributed by atoms with E-state index in [1.54, 1.807) is 0 Å². The number of nitrogens with zero attached hydrogens (tertiary/aromatic N) is 1. The smallest absolute Gasteiger partial charge is 0.222 e. The number of rotatable bonds is 7. The lowest BCUT2D eigenvalue weighted by atomic mass is 9.97. The van der Waals surface area contributed by atoms with E-state index >= 15 is 0 Å². The van der Waals surface area contributed by atoms with Crippen LogP contribution in [0.25, 0.3) is 0 Å². The summed E-state index contributed by atoms with van der Waals surface area (Å²) in [6.07, 6.45) is 4.58. The molecule has 0 aromatic heterocycles. The fourth-order valence-corrected chi connectivity index (χ4v) is 3.15. The van der Waals surface area contributed by atoms with Crippen LogP contribution < -0.4 is 5.32 Å². The van der Waals surface area contributed by atoms with Gasteiger partial charge in [-0.15, -0.1) is 0 Å². The van der Waals surface area contributed by atoms with Crippen LogP contribution in [0, 0.1) is 11.8 Å². The van der Waals surface area contributed by atoms with Gasteiger partial charge in [0.05, 0.1) is 0 Å². The fraction of sp³-hybridized carbons (Fsp3) is 0.600. The molecule has 1 aromatic rings. The lowest BCUT2D eigenvalue weighted by Crippen LogP contribution is -2.44. The van der Waals surface area contributed by atoms with Crippen LogP contribution in [0.4, 0.5) is 0 Å². The Labute approximate surface area is 145 Å². The molecule has 0 aliphatic carbocycles. The summed E-state index contributed by atoms with van der Waals surface area (Å²) < 4.78 is 0. The molecule has 1 aromatic carbocycles. The highest BCUT2D eigenvalue weighted by Gasteiger charge is 2.23. The van der Waals surface area contributed by atoms with Gasteiger partial charge in [0.1, 0.15) is 0 Å². The summed E-state index contributed by atoms with van der Waals surface area (Å²) in [5.74, 6) is 0.760. The average molecular weight is 330 g/mol. The molecule has 1 aliphatic rings. The van der Waals surface area contributed by atoms with Gasteiger partial charge in [0.2, 0.25) is 11.8 Å². The van der Waals surface area contributed by atoms with E-state index in [-0.39, 0.29) is 17.7 Å². The summed E-state index contributed by atoms with van der Waals surface area (Å²) >= 11 is 0. The molecule has 1 atom stereocenters. The first-order valence-electron chi connectivity index (χ1n) is 9.15. The molecule has 1 aliphatic heterocycles. The highest BCUT2D eigenvalue weighted by Crippen LogP contribution is 2.17. The molecule has 1 heterocycles. The van der Waals surface area contributed by atoms with Crippen molar-refractivity contribution in [1.29, 1.82) is 0 Å². The van der Waals surface area contributed by atoms with Gasteiger partial charge < -0.3 is 10.2 Å². The van der Waals surface area contributed by atoms with E-state index in [0.717, 1.165) is 38.8 Å². The molecule has 0 saturated carbocycles. The molecule has 4 heteroatoms. The van der Waals surface area contributed by atoms with Gasteiger partial charge >= 0.3 is 0 Å². The van der Waals surface area contributed by atoms with Crippen molar-refractivity contribution in [3.63, 3.8) is 0 Å². The summed E-state index contributed by atoms with van der Waals surface area (Å²) in [6.45, 7) is 6.13. The Morgan fingerprint density at radius 1 is 1.25 bits per heavy atom. The van der Waals surface area contributed by atoms with Crippen molar-refractivity contribution in [2.24, 2.45) is 11.8 Å². The number of carbonyl (C=O) groups excluding carboxylic acids is 2. The Bertz CT molecular complexity index is 528. The predicted octanol–water partition coefficient (Wildman–Crippen LogP) is 3.02. The van der Waals surface area contributed by atoms with Crippen molar-refractivity contribution in [3.05, 3.63) is 35.9 Å². The Balaban J connectivity index is 1.70. The third-order valence-electron chi connectivity index (χ3n) is 4.66. The monoisotopic (exact) mass is 330 g/mol. The zero-order valence-corrected chi connectivity index (χ0v) is 15.0. The molecule has 0 radical (unpaired) electrons. The number of piperidine rings is 1. The summed E-state index contributed by atoms with van der Waals surface area (Å²) in [6, 6.07) is 10.3. The van der Waals surface area contributed by atoms with Crippen LogP contribution in [0.5, 0.6) is 0 Å². The molecule has 4 nitrogen and oxygen atoms in total. The lowest BCUT2D eigenvalue weighted by molar-refractivity contribution is -0.133. The number of hydrogen-bond acceptors (Lipinski definition) is 2. The van der Waals surface area contributed by atoms with E-state index in [4.69, 9.17) is 0 Å². The van der Waals surface area contributed by atoms with E-state index in [1.165, 1.54) is 5.56 Å². The quantitative estimate of drug-likeness (QED) is 0.835. The Morgan fingerprint density at radius 3 is 2.71 bits per heavy atom. The molecule has 0 bridgehead atoms. The molecular weight excluding hydrogens is 300 g/mol. The maximum absolute atomic E-state index is 12.4. The van der Waals surface area contributed by atoms with Gasteiger partial charge in [0, 0.05) is 32.0 Å². The third-order valence-corrected chi connectivity index (χ3v) is 4.66. The van der Waals surface area contributed by atoms with Crippen LogP contribution in [0.15, 0.2) is 30.3 Å². The summed E-state index contributed by atoms with van der Waals surface area (Å²) in [7, 11) is 0. The van der Waals surface area contributed by atoms with Crippen LogP contribution in [0.3, 0.4) is 0 Å². The molecule has 2 amide bonds. The topological polar surface area (TPSA) is 49.4 Å². The first-order valence-corrected chi connectivity index (χ1v) is 9.15. The number of carbonyl (C=O) groups is 2. The molecule has 2 rings (SSSR count). The molecule has 132 valence electrons. The minimum absolute atomic E-state index is 0.0179. The summed E-state index contributed by atoms with van der Waals surface area (Å²) in [5, 5.41) is 3.00. The van der Waals surface area contributed by atoms with E-state index in [2.05, 4.69) is 17.4 Å². The number of likely N-dealkylation sites (tertiary alicyclic amines) is 1. The zero-order valence-electron chi connectivity index (χ0n) is 15.0. The minimum atomic E-state index is 0.0179. The number of amides is 2. The molecule has 0 unspecified atom stereocenters. The fourth-order valence-electron chi connectivity index (χ4n) is 3.15. The number of nitrogens with one attached hydrogen (secondary N) is 1. The second-order valence-electron chi connectivity index (χ2n) is 7.09. The van der Waals surface area contributed by atoms with Gasteiger partial charge in [0.25, 0.3) is 0 Å². The van der Waals surface area contributed by atoms with Crippen LogP contribution in [0.1, 0.15) is 45.1 Å². The highest BCUT2D eigenvalue weighted by atomic mass is 16.2. The van der Waals surface area contributed by atoms with Gasteiger partial charge in [0.15, 0.2) is 0 Å². The Hall–Kier alpha value is -1.84. The number of benzene rings is 1. The van der Waals surface area contributed by atoms with Crippen LogP contribution >= 0.6 is 0 Å². The summed E-state index contributed by atoms with van der Waals surface area (Å²) in [4.78, 5) is 26.1. The Kier molecular flexibility index (Phi) is 7.29. The highest BCUT2D eigenvalue weighted by molar-refractivity contribution is 5.78. The molecule has 24 heavy (non-hydrogen) atoms. The van der Waals surface area contributed by atoms with Crippen molar-refractivity contribution in [1.82, 2.24) is 10.2 Å². The second kappa shape index (κ2) is 9.45. The van der Waals surface area contributed by atoms with Gasteiger partial charge in [-0.3, -0.25) is 9.59 Å². The van der Waals surface area contributed by atoms with Crippen molar-refractivity contribution >= 4 is 11.8 Å². The molecular formula is C20H30N2O2. The van der Waals surface area contributed by atoms with Crippen molar-refractivity contribution in [3.8, 4) is 0 Å². The molecule has 1 saturated heterocycles. The van der Waals surface area contributed by atoms with E-state index < -0.39 is 0 Å². The van der Waals surface area contributed by atoms with Crippen LogP contribution in [-0.2, 0) is 16.0 Å². The maximum Gasteiger partial charge on any atom is 0.222 e. The first kappa shape index (κ1) is 18.5. The standard InChI is InChI=1S/C20H30N2O2/c1-16(2)20(24)21-14-18-11-7-13-22(15-18)19(23)12-6-10-17-8-4-3-5-9-17/h3-5,8-9,16,18H,6-7,10-15H2,1-2H3,(H,21,24)/t18-/m0/s1. The van der Waals surface area contributed by atoms with Gasteiger partial charge in [-0.25, -0.2) is 0 Å². The van der Waals surface area contributed by atoms with Gasteiger partial charge in [-0.05, 0) is 37.2 Å². The summed E-state index contributed by atoms with van der Waals surface area (Å²) in [5.41, 5.74) is 1.29. The second-order valence-corrected chi connectivity index (χ2v) is 7.09. The molecule has 0 spiro atoms. The van der Waals surface area contributed by atoms with Crippen LogP contribution in [-0.4, -0.2) is 36.3 Å².